The molecule has 2 heterocycles. The molecule has 150 valence electrons. The summed E-state index contributed by atoms with van der Waals surface area (Å²) in [6.45, 7) is 7.65. The van der Waals surface area contributed by atoms with Crippen molar-refractivity contribution in [3.8, 4) is 16.9 Å². The van der Waals surface area contributed by atoms with Gasteiger partial charge in [-0.1, -0.05) is 19.1 Å². The van der Waals surface area contributed by atoms with Crippen LogP contribution in [0.4, 0.5) is 0 Å². The minimum absolute atomic E-state index is 0.0307. The van der Waals surface area contributed by atoms with Gasteiger partial charge in [-0.2, -0.15) is 0 Å². The van der Waals surface area contributed by atoms with Crippen LogP contribution < -0.4 is 4.74 Å². The van der Waals surface area contributed by atoms with Gasteiger partial charge in [-0.3, -0.25) is 0 Å². The second-order valence-corrected chi connectivity index (χ2v) is 9.77. The van der Waals surface area contributed by atoms with Gasteiger partial charge in [0.25, 0.3) is 0 Å². The SMILES string of the molecule is CCS(=O)(=O)c1cccc(-c2ccc(OC(C)C)c3[nH]c4ncc(C)cc4c23)c1. The van der Waals surface area contributed by atoms with Crippen LogP contribution in [0.2, 0.25) is 0 Å². The van der Waals surface area contributed by atoms with Crippen LogP contribution in [0.5, 0.6) is 5.75 Å². The molecule has 0 aliphatic carbocycles. The van der Waals surface area contributed by atoms with Gasteiger partial charge in [0.1, 0.15) is 11.4 Å². The van der Waals surface area contributed by atoms with Gasteiger partial charge in [-0.25, -0.2) is 13.4 Å². The molecule has 2 aromatic carbocycles. The normalized spacial score (nSPS) is 12.2. The summed E-state index contributed by atoms with van der Waals surface area (Å²) in [7, 11) is -3.29. The number of benzene rings is 2. The highest BCUT2D eigenvalue weighted by atomic mass is 32.2. The van der Waals surface area contributed by atoms with Crippen molar-refractivity contribution in [1.29, 1.82) is 0 Å². The average molecular weight is 409 g/mol. The van der Waals surface area contributed by atoms with Crippen molar-refractivity contribution >= 4 is 31.8 Å². The molecule has 0 spiro atoms. The van der Waals surface area contributed by atoms with Crippen molar-refractivity contribution in [2.24, 2.45) is 0 Å². The predicted octanol–water partition coefficient (Wildman–Crippen LogP) is 5.27. The van der Waals surface area contributed by atoms with Gasteiger partial charge in [0, 0.05) is 17.0 Å². The van der Waals surface area contributed by atoms with Crippen LogP contribution in [0.1, 0.15) is 26.3 Å². The topological polar surface area (TPSA) is 72.1 Å². The Hall–Kier alpha value is -2.86. The van der Waals surface area contributed by atoms with Crippen molar-refractivity contribution in [3.05, 3.63) is 54.2 Å². The molecule has 0 radical (unpaired) electrons. The molecule has 29 heavy (non-hydrogen) atoms. The maximum atomic E-state index is 12.4. The lowest BCUT2D eigenvalue weighted by molar-refractivity contribution is 0.245. The summed E-state index contributed by atoms with van der Waals surface area (Å²) < 4.78 is 30.8. The Bertz CT molecular complexity index is 1320. The third-order valence-electron chi connectivity index (χ3n) is 4.95. The first-order valence-corrected chi connectivity index (χ1v) is 11.4. The molecule has 5 nitrogen and oxygen atoms in total. The number of aryl methyl sites for hydroxylation is 1. The monoisotopic (exact) mass is 408 g/mol. The van der Waals surface area contributed by atoms with Crippen molar-refractivity contribution in [3.63, 3.8) is 0 Å². The van der Waals surface area contributed by atoms with Gasteiger partial charge >= 0.3 is 0 Å². The molecule has 2 aromatic heterocycles. The molecule has 0 saturated carbocycles. The fourth-order valence-corrected chi connectivity index (χ4v) is 4.51. The van der Waals surface area contributed by atoms with Crippen molar-refractivity contribution < 1.29 is 13.2 Å². The molecule has 0 saturated heterocycles. The van der Waals surface area contributed by atoms with E-state index >= 15 is 0 Å². The summed E-state index contributed by atoms with van der Waals surface area (Å²) in [4.78, 5) is 8.26. The van der Waals surface area contributed by atoms with E-state index in [9.17, 15) is 8.42 Å². The molecule has 0 bridgehead atoms. The lowest BCUT2D eigenvalue weighted by Crippen LogP contribution is -2.06. The van der Waals surface area contributed by atoms with E-state index in [1.54, 1.807) is 25.1 Å². The molecule has 6 heteroatoms. The Morgan fingerprint density at radius 2 is 1.93 bits per heavy atom. The first-order valence-electron chi connectivity index (χ1n) is 9.71. The first-order chi connectivity index (χ1) is 13.8. The molecule has 1 N–H and O–H groups in total. The smallest absolute Gasteiger partial charge is 0.178 e. The third-order valence-corrected chi connectivity index (χ3v) is 6.68. The van der Waals surface area contributed by atoms with E-state index in [0.717, 1.165) is 44.4 Å². The van der Waals surface area contributed by atoms with Gasteiger partial charge < -0.3 is 9.72 Å². The maximum Gasteiger partial charge on any atom is 0.178 e. The first kappa shape index (κ1) is 19.5. The van der Waals surface area contributed by atoms with E-state index < -0.39 is 9.84 Å². The number of nitrogens with one attached hydrogen (secondary N) is 1. The molecule has 0 atom stereocenters. The molecule has 0 aliphatic rings. The fourth-order valence-electron chi connectivity index (χ4n) is 3.58. The molecule has 0 unspecified atom stereocenters. The molecule has 4 rings (SSSR count). The van der Waals surface area contributed by atoms with E-state index in [4.69, 9.17) is 4.74 Å². The maximum absolute atomic E-state index is 12.4. The number of H-pyrrole nitrogens is 1. The standard InChI is InChI=1S/C23H24N2O3S/c1-5-29(26,27)17-8-6-7-16(12-17)18-9-10-20(28-14(2)3)22-21(18)19-11-15(4)13-24-23(19)25-22/h6-14H,5H2,1-4H3,(H,24,25). The van der Waals surface area contributed by atoms with E-state index in [1.807, 2.05) is 45.2 Å². The summed E-state index contributed by atoms with van der Waals surface area (Å²) in [5.41, 5.74) is 4.50. The number of nitrogens with zero attached hydrogens (tertiary/aromatic N) is 1. The Balaban J connectivity index is 2.04. The minimum atomic E-state index is -3.29. The molecular formula is C23H24N2O3S. The summed E-state index contributed by atoms with van der Waals surface area (Å²) in [5.74, 6) is 0.829. The van der Waals surface area contributed by atoms with Crippen molar-refractivity contribution in [2.75, 3.05) is 5.75 Å². The van der Waals surface area contributed by atoms with E-state index in [0.29, 0.717) is 4.90 Å². The Morgan fingerprint density at radius 3 is 2.66 bits per heavy atom. The summed E-state index contributed by atoms with van der Waals surface area (Å²) in [5, 5.41) is 1.98. The van der Waals surface area contributed by atoms with Crippen LogP contribution in [0.15, 0.2) is 53.6 Å². The Kier molecular flexibility index (Phi) is 4.82. The Labute approximate surface area is 170 Å². The lowest BCUT2D eigenvalue weighted by Gasteiger charge is -2.13. The van der Waals surface area contributed by atoms with Crippen LogP contribution in [0.3, 0.4) is 0 Å². The fraction of sp³-hybridized carbons (Fsp3) is 0.261. The quantitative estimate of drug-likeness (QED) is 0.488. The van der Waals surface area contributed by atoms with Gasteiger partial charge in [-0.15, -0.1) is 0 Å². The number of aromatic amines is 1. The molecular weight excluding hydrogens is 384 g/mol. The third kappa shape index (κ3) is 3.49. The Morgan fingerprint density at radius 1 is 1.14 bits per heavy atom. The van der Waals surface area contributed by atoms with Crippen LogP contribution in [-0.4, -0.2) is 30.2 Å². The van der Waals surface area contributed by atoms with Gasteiger partial charge in [0.05, 0.1) is 22.3 Å². The number of pyridine rings is 1. The molecule has 0 amide bonds. The summed E-state index contributed by atoms with van der Waals surface area (Å²) in [6, 6.07) is 13.1. The zero-order chi connectivity index (χ0) is 20.8. The number of sulfone groups is 1. The van der Waals surface area contributed by atoms with Crippen molar-refractivity contribution in [1.82, 2.24) is 9.97 Å². The second-order valence-electron chi connectivity index (χ2n) is 7.49. The summed E-state index contributed by atoms with van der Waals surface area (Å²) >= 11 is 0. The number of hydrogen-bond acceptors (Lipinski definition) is 4. The highest BCUT2D eigenvalue weighted by molar-refractivity contribution is 7.91. The van der Waals surface area contributed by atoms with E-state index in [1.165, 1.54) is 0 Å². The van der Waals surface area contributed by atoms with Crippen LogP contribution in [0, 0.1) is 6.92 Å². The second kappa shape index (κ2) is 7.19. The zero-order valence-corrected chi connectivity index (χ0v) is 17.8. The van der Waals surface area contributed by atoms with Gasteiger partial charge in [0.2, 0.25) is 0 Å². The highest BCUT2D eigenvalue weighted by Crippen LogP contribution is 2.39. The number of aromatic nitrogens is 2. The number of ether oxygens (including phenoxy) is 1. The number of fused-ring (bicyclic) bond motifs is 3. The van der Waals surface area contributed by atoms with E-state index in [-0.39, 0.29) is 11.9 Å². The minimum Gasteiger partial charge on any atom is -0.489 e. The van der Waals surface area contributed by atoms with Gasteiger partial charge in [0.15, 0.2) is 9.84 Å². The molecule has 4 aromatic rings. The van der Waals surface area contributed by atoms with Crippen LogP contribution in [0.25, 0.3) is 33.1 Å². The lowest BCUT2D eigenvalue weighted by atomic mass is 9.99. The largest absolute Gasteiger partial charge is 0.489 e. The summed E-state index contributed by atoms with van der Waals surface area (Å²) in [6.07, 6.45) is 1.86. The number of hydrogen-bond donors (Lipinski definition) is 1. The molecule has 0 fully saturated rings. The average Bonchev–Trinajstić information content (AvgIpc) is 3.07. The zero-order valence-electron chi connectivity index (χ0n) is 17.0. The van der Waals surface area contributed by atoms with E-state index in [2.05, 4.69) is 16.0 Å². The predicted molar refractivity (Wildman–Crippen MR) is 117 cm³/mol. The highest BCUT2D eigenvalue weighted by Gasteiger charge is 2.18. The van der Waals surface area contributed by atoms with Crippen molar-refractivity contribution in [2.45, 2.75) is 38.7 Å². The van der Waals surface area contributed by atoms with Crippen LogP contribution in [-0.2, 0) is 9.84 Å². The van der Waals surface area contributed by atoms with Crippen LogP contribution >= 0.6 is 0 Å². The number of rotatable bonds is 5. The van der Waals surface area contributed by atoms with Gasteiger partial charge in [-0.05, 0) is 67.8 Å². The molecule has 0 aliphatic heterocycles.